The van der Waals surface area contributed by atoms with Crippen molar-refractivity contribution in [1.82, 2.24) is 5.32 Å². The summed E-state index contributed by atoms with van der Waals surface area (Å²) in [6, 6.07) is 16.1. The van der Waals surface area contributed by atoms with Crippen LogP contribution in [-0.4, -0.2) is 43.6 Å². The third-order valence-corrected chi connectivity index (χ3v) is 6.26. The normalized spacial score (nSPS) is 13.4. The van der Waals surface area contributed by atoms with E-state index in [1.165, 1.54) is 31.2 Å². The molecule has 3 aromatic rings. The quantitative estimate of drug-likeness (QED) is 0.321. The molecule has 5 nitrogen and oxygen atoms in total. The third kappa shape index (κ3) is 5.84. The average Bonchev–Trinajstić information content (AvgIpc) is 2.79. The molecule has 0 unspecified atom stereocenters. The van der Waals surface area contributed by atoms with E-state index in [-0.39, 0.29) is 38.8 Å². The molecular weight excluding hydrogens is 444 g/mol. The van der Waals surface area contributed by atoms with Gasteiger partial charge in [-0.1, -0.05) is 18.7 Å². The second-order valence-electron chi connectivity index (χ2n) is 7.73. The molecular formula is C25H25F2NO4Si. The van der Waals surface area contributed by atoms with Crippen molar-refractivity contribution in [1.29, 1.82) is 0 Å². The van der Waals surface area contributed by atoms with Gasteiger partial charge in [0.05, 0.1) is 12.3 Å². The van der Waals surface area contributed by atoms with Gasteiger partial charge in [0.25, 0.3) is 11.8 Å². The number of ether oxygens (including phenoxy) is 1. The zero-order valence-corrected chi connectivity index (χ0v) is 19.3. The summed E-state index contributed by atoms with van der Waals surface area (Å²) in [5, 5.41) is 22.8. The number of hydrogen-bond donors (Lipinski definition) is 3. The van der Waals surface area contributed by atoms with E-state index in [4.69, 9.17) is 9.84 Å². The Hall–Kier alpha value is -3.07. The van der Waals surface area contributed by atoms with Gasteiger partial charge in [0.1, 0.15) is 21.0 Å². The predicted molar refractivity (Wildman–Crippen MR) is 125 cm³/mol. The van der Waals surface area contributed by atoms with Crippen LogP contribution in [0.2, 0.25) is 0 Å². The lowest BCUT2D eigenvalue weighted by Crippen LogP contribution is -2.42. The van der Waals surface area contributed by atoms with Crippen molar-refractivity contribution < 1.29 is 28.5 Å². The first-order chi connectivity index (χ1) is 15.6. The third-order valence-electron chi connectivity index (χ3n) is 5.05. The molecule has 2 radical (unpaired) electrons. The molecule has 1 amide bonds. The van der Waals surface area contributed by atoms with Gasteiger partial charge in [0.2, 0.25) is 0 Å². The van der Waals surface area contributed by atoms with Crippen LogP contribution < -0.4 is 10.1 Å². The van der Waals surface area contributed by atoms with Crippen LogP contribution in [0.25, 0.3) is 10.8 Å². The van der Waals surface area contributed by atoms with Gasteiger partial charge in [0, 0.05) is 22.2 Å². The Morgan fingerprint density at radius 3 is 2.52 bits per heavy atom. The molecule has 0 aliphatic rings. The minimum Gasteiger partial charge on any atom is -0.457 e. The van der Waals surface area contributed by atoms with Crippen LogP contribution in [0.15, 0.2) is 72.8 Å². The zero-order valence-electron chi connectivity index (χ0n) is 18.3. The molecule has 3 aromatic carbocycles. The van der Waals surface area contributed by atoms with Crippen LogP contribution in [-0.2, 0) is 5.92 Å². The first-order valence-corrected chi connectivity index (χ1v) is 11.5. The molecule has 33 heavy (non-hydrogen) atoms. The molecule has 0 aromatic heterocycles. The second-order valence-corrected chi connectivity index (χ2v) is 9.60. The monoisotopic (exact) mass is 469 g/mol. The number of amides is 1. The van der Waals surface area contributed by atoms with Gasteiger partial charge in [-0.2, -0.15) is 8.78 Å². The highest BCUT2D eigenvalue weighted by atomic mass is 28.2. The Bertz CT molecular complexity index is 1150. The van der Waals surface area contributed by atoms with E-state index in [0.717, 1.165) is 10.8 Å². The fourth-order valence-corrected chi connectivity index (χ4v) is 4.15. The number of carbonyl (C=O) groups excluding carboxylic acids is 1. The number of carbonyl (C=O) groups is 1. The van der Waals surface area contributed by atoms with E-state index in [1.54, 1.807) is 37.3 Å². The topological polar surface area (TPSA) is 78.8 Å². The standard InChI is InChI=1S/C25H25F2NO4Si/c1-15(2)25(26,27)19-8-10-20(11-9-19)32-22-6-4-5-17-13-18(7-12-21(17)22)24(31)28-16(3)33-23(30)14-29/h4-13,16,23,29-30H,1,14H2,2-3H3,(H,28,31)/t16-,23-/m0/s1. The van der Waals surface area contributed by atoms with E-state index in [1.807, 2.05) is 6.07 Å². The maximum absolute atomic E-state index is 14.1. The SMILES string of the molecule is C=C(C)C(F)(F)c1ccc(Oc2cccc3cc(C(=O)N[C@H](C)[Si][C@H](O)CO)ccc23)cc1. The molecule has 8 heteroatoms. The van der Waals surface area contributed by atoms with Crippen LogP contribution >= 0.6 is 0 Å². The van der Waals surface area contributed by atoms with Gasteiger partial charge in [-0.05, 0) is 73.3 Å². The summed E-state index contributed by atoms with van der Waals surface area (Å²) in [5.74, 6) is -2.46. The molecule has 0 fully saturated rings. The summed E-state index contributed by atoms with van der Waals surface area (Å²) in [7, 11) is -0.0239. The predicted octanol–water partition coefficient (Wildman–Crippen LogP) is 4.39. The smallest absolute Gasteiger partial charge is 0.294 e. The summed E-state index contributed by atoms with van der Waals surface area (Å²) in [5.41, 5.74) is -1.09. The van der Waals surface area contributed by atoms with Gasteiger partial charge in [-0.25, -0.2) is 0 Å². The van der Waals surface area contributed by atoms with Crippen molar-refractivity contribution in [3.63, 3.8) is 0 Å². The fourth-order valence-electron chi connectivity index (χ4n) is 3.25. The highest BCUT2D eigenvalue weighted by molar-refractivity contribution is 6.39. The number of benzene rings is 3. The molecule has 0 saturated carbocycles. The Labute approximate surface area is 193 Å². The molecule has 0 heterocycles. The largest absolute Gasteiger partial charge is 0.457 e. The minimum absolute atomic E-state index is 0.0239. The highest BCUT2D eigenvalue weighted by Gasteiger charge is 2.32. The summed E-state index contributed by atoms with van der Waals surface area (Å²) < 4.78 is 34.1. The summed E-state index contributed by atoms with van der Waals surface area (Å²) >= 11 is 0. The van der Waals surface area contributed by atoms with Gasteiger partial charge in [-0.15, -0.1) is 0 Å². The Morgan fingerprint density at radius 1 is 1.18 bits per heavy atom. The molecule has 0 bridgehead atoms. The summed E-state index contributed by atoms with van der Waals surface area (Å²) in [6.07, 6.45) is 0. The van der Waals surface area contributed by atoms with Gasteiger partial charge >= 0.3 is 0 Å². The number of aliphatic hydroxyl groups is 2. The van der Waals surface area contributed by atoms with Gasteiger partial charge in [-0.3, -0.25) is 4.79 Å². The molecule has 0 spiro atoms. The lowest BCUT2D eigenvalue weighted by molar-refractivity contribution is 0.0385. The van der Waals surface area contributed by atoms with Crippen molar-refractivity contribution in [3.05, 3.63) is 83.9 Å². The molecule has 0 saturated heterocycles. The van der Waals surface area contributed by atoms with Crippen LogP contribution in [0.4, 0.5) is 8.78 Å². The first kappa shape index (κ1) is 24.6. The Morgan fingerprint density at radius 2 is 1.88 bits per heavy atom. The lowest BCUT2D eigenvalue weighted by atomic mass is 10.0. The van der Waals surface area contributed by atoms with E-state index in [2.05, 4.69) is 11.9 Å². The van der Waals surface area contributed by atoms with Crippen molar-refractivity contribution in [2.75, 3.05) is 6.61 Å². The number of allylic oxidation sites excluding steroid dienone is 1. The molecule has 3 rings (SSSR count). The van der Waals surface area contributed by atoms with Crippen LogP contribution in [0.3, 0.4) is 0 Å². The summed E-state index contributed by atoms with van der Waals surface area (Å²) in [4.78, 5) is 12.6. The average molecular weight is 470 g/mol. The Balaban J connectivity index is 1.78. The lowest BCUT2D eigenvalue weighted by Gasteiger charge is -2.17. The highest BCUT2D eigenvalue weighted by Crippen LogP contribution is 2.36. The van der Waals surface area contributed by atoms with E-state index < -0.39 is 11.6 Å². The number of fused-ring (bicyclic) bond motifs is 1. The van der Waals surface area contributed by atoms with Gasteiger partial charge < -0.3 is 20.3 Å². The van der Waals surface area contributed by atoms with Crippen LogP contribution in [0.5, 0.6) is 11.5 Å². The minimum atomic E-state index is -3.11. The number of rotatable bonds is 9. The molecule has 172 valence electrons. The maximum atomic E-state index is 14.1. The van der Waals surface area contributed by atoms with E-state index in [0.29, 0.717) is 17.1 Å². The van der Waals surface area contributed by atoms with Crippen molar-refractivity contribution in [3.8, 4) is 11.5 Å². The number of nitrogens with one attached hydrogen (secondary N) is 1. The van der Waals surface area contributed by atoms with Crippen LogP contribution in [0, 0.1) is 0 Å². The zero-order chi connectivity index (χ0) is 24.2. The van der Waals surface area contributed by atoms with Crippen molar-refractivity contribution >= 4 is 26.2 Å². The van der Waals surface area contributed by atoms with Gasteiger partial charge in [0.15, 0.2) is 0 Å². The number of alkyl halides is 2. The molecule has 0 aliphatic heterocycles. The van der Waals surface area contributed by atoms with E-state index in [9.17, 15) is 18.7 Å². The molecule has 2 atom stereocenters. The molecule has 0 aliphatic carbocycles. The second kappa shape index (κ2) is 10.2. The van der Waals surface area contributed by atoms with Crippen molar-refractivity contribution in [2.45, 2.75) is 31.2 Å². The maximum Gasteiger partial charge on any atom is 0.294 e. The first-order valence-electron chi connectivity index (χ1n) is 10.3. The number of hydrogen-bond acceptors (Lipinski definition) is 4. The Kier molecular flexibility index (Phi) is 7.63. The number of aliphatic hydroxyl groups excluding tert-OH is 2. The number of halogens is 2. The molecule has 3 N–H and O–H groups in total. The van der Waals surface area contributed by atoms with Crippen molar-refractivity contribution in [2.24, 2.45) is 0 Å². The van der Waals surface area contributed by atoms with Crippen LogP contribution in [0.1, 0.15) is 29.8 Å². The fraction of sp³-hybridized carbons (Fsp3) is 0.240. The van der Waals surface area contributed by atoms with E-state index >= 15 is 0 Å². The summed E-state index contributed by atoms with van der Waals surface area (Å²) in [6.45, 7) is 6.05.